The van der Waals surface area contributed by atoms with Gasteiger partial charge in [0.25, 0.3) is 0 Å². The van der Waals surface area contributed by atoms with E-state index >= 15 is 0 Å². The number of ether oxygens (including phenoxy) is 1. The molecule has 0 aliphatic rings. The van der Waals surface area contributed by atoms with Crippen LogP contribution in [0.15, 0.2) is 46.9 Å². The lowest BCUT2D eigenvalue weighted by Gasteiger charge is -2.12. The number of benzene rings is 2. The lowest BCUT2D eigenvalue weighted by Crippen LogP contribution is -2.21. The van der Waals surface area contributed by atoms with Gasteiger partial charge in [0.2, 0.25) is 0 Å². The Morgan fingerprint density at radius 2 is 1.76 bits per heavy atom. The smallest absolute Gasteiger partial charge is 0.134 e. The van der Waals surface area contributed by atoms with Gasteiger partial charge in [-0.25, -0.2) is 0 Å². The van der Waals surface area contributed by atoms with E-state index in [1.54, 1.807) is 0 Å². The number of hydrogen-bond acceptors (Lipinski definition) is 2. The highest BCUT2D eigenvalue weighted by atomic mass is 79.9. The van der Waals surface area contributed by atoms with Crippen molar-refractivity contribution in [2.24, 2.45) is 0 Å². The molecule has 0 fully saturated rings. The van der Waals surface area contributed by atoms with Crippen molar-refractivity contribution >= 4 is 27.5 Å². The second-order valence-corrected chi connectivity index (χ2v) is 6.51. The third-order valence-electron chi connectivity index (χ3n) is 3.02. The van der Waals surface area contributed by atoms with Crippen molar-refractivity contribution in [3.05, 3.63) is 63.1 Å². The van der Waals surface area contributed by atoms with Gasteiger partial charge in [-0.2, -0.15) is 0 Å². The average Bonchev–Trinajstić information content (AvgIpc) is 2.46. The van der Waals surface area contributed by atoms with Gasteiger partial charge >= 0.3 is 0 Å². The lowest BCUT2D eigenvalue weighted by atomic mass is 10.2. The summed E-state index contributed by atoms with van der Waals surface area (Å²) in [6, 6.07) is 14.3. The van der Waals surface area contributed by atoms with Gasteiger partial charge in [-0.3, -0.25) is 0 Å². The van der Waals surface area contributed by atoms with Crippen LogP contribution in [0.4, 0.5) is 0 Å². The van der Waals surface area contributed by atoms with Crippen LogP contribution in [0, 0.1) is 0 Å². The maximum atomic E-state index is 5.87. The zero-order chi connectivity index (χ0) is 15.2. The Kier molecular flexibility index (Phi) is 6.09. The fourth-order valence-electron chi connectivity index (χ4n) is 1.84. The van der Waals surface area contributed by atoms with Crippen LogP contribution in [-0.2, 0) is 13.2 Å². The molecule has 2 rings (SSSR count). The Morgan fingerprint density at radius 1 is 1.10 bits per heavy atom. The van der Waals surface area contributed by atoms with Crippen LogP contribution in [-0.4, -0.2) is 6.04 Å². The van der Waals surface area contributed by atoms with Crippen LogP contribution < -0.4 is 10.1 Å². The van der Waals surface area contributed by atoms with E-state index in [0.29, 0.717) is 12.6 Å². The maximum Gasteiger partial charge on any atom is 0.134 e. The zero-order valence-corrected chi connectivity index (χ0v) is 14.5. The van der Waals surface area contributed by atoms with Crippen molar-refractivity contribution in [3.63, 3.8) is 0 Å². The molecule has 0 saturated carbocycles. The molecular formula is C17H19BrClNO. The first-order valence-electron chi connectivity index (χ1n) is 6.93. The van der Waals surface area contributed by atoms with Crippen molar-refractivity contribution in [1.29, 1.82) is 0 Å². The minimum atomic E-state index is 0.476. The third kappa shape index (κ3) is 5.34. The molecule has 112 valence electrons. The molecule has 0 aromatic heterocycles. The van der Waals surface area contributed by atoms with Crippen LogP contribution in [0.3, 0.4) is 0 Å². The second-order valence-electron chi connectivity index (χ2n) is 5.22. The van der Waals surface area contributed by atoms with Gasteiger partial charge in [0.05, 0.1) is 4.47 Å². The number of nitrogens with one attached hydrogen (secondary N) is 1. The summed E-state index contributed by atoms with van der Waals surface area (Å²) in [6.45, 7) is 5.66. The molecule has 21 heavy (non-hydrogen) atoms. The Balaban J connectivity index is 1.95. The minimum Gasteiger partial charge on any atom is -0.488 e. The Bertz CT molecular complexity index is 584. The van der Waals surface area contributed by atoms with Gasteiger partial charge < -0.3 is 10.1 Å². The summed E-state index contributed by atoms with van der Waals surface area (Å²) in [5.74, 6) is 0.846. The summed E-state index contributed by atoms with van der Waals surface area (Å²) < 4.78 is 6.80. The monoisotopic (exact) mass is 367 g/mol. The molecule has 0 amide bonds. The largest absolute Gasteiger partial charge is 0.488 e. The molecule has 2 aromatic rings. The summed E-state index contributed by atoms with van der Waals surface area (Å²) in [5, 5.41) is 4.14. The summed E-state index contributed by atoms with van der Waals surface area (Å²) in [6.07, 6.45) is 0. The van der Waals surface area contributed by atoms with Crippen molar-refractivity contribution in [3.8, 4) is 5.75 Å². The van der Waals surface area contributed by atoms with Gasteiger partial charge in [0.15, 0.2) is 0 Å². The molecule has 0 unspecified atom stereocenters. The van der Waals surface area contributed by atoms with Crippen LogP contribution in [0.25, 0.3) is 0 Å². The molecule has 0 saturated heterocycles. The van der Waals surface area contributed by atoms with E-state index in [1.807, 2.05) is 30.3 Å². The molecule has 0 bridgehead atoms. The van der Waals surface area contributed by atoms with Gasteiger partial charge in [-0.1, -0.05) is 43.6 Å². The summed E-state index contributed by atoms with van der Waals surface area (Å²) >= 11 is 9.43. The number of halogens is 2. The van der Waals surface area contributed by atoms with Gasteiger partial charge in [0, 0.05) is 17.6 Å². The van der Waals surface area contributed by atoms with Crippen LogP contribution >= 0.6 is 27.5 Å². The molecule has 2 nitrogen and oxygen atoms in total. The topological polar surface area (TPSA) is 21.3 Å². The molecule has 1 N–H and O–H groups in total. The van der Waals surface area contributed by atoms with Crippen molar-refractivity contribution < 1.29 is 4.74 Å². The second kappa shape index (κ2) is 7.83. The first-order valence-corrected chi connectivity index (χ1v) is 8.11. The molecular weight excluding hydrogens is 350 g/mol. The SMILES string of the molecule is CC(C)NCc1ccc(OCc2ccc(Cl)cc2)c(Br)c1. The number of hydrogen-bond donors (Lipinski definition) is 1. The third-order valence-corrected chi connectivity index (χ3v) is 3.89. The van der Waals surface area contributed by atoms with E-state index in [4.69, 9.17) is 16.3 Å². The van der Waals surface area contributed by atoms with Crippen molar-refractivity contribution in [2.45, 2.75) is 33.0 Å². The van der Waals surface area contributed by atoms with E-state index in [1.165, 1.54) is 5.56 Å². The minimum absolute atomic E-state index is 0.476. The standard InChI is InChI=1S/C17H19BrClNO/c1-12(2)20-10-14-5-8-17(16(18)9-14)21-11-13-3-6-15(19)7-4-13/h3-9,12,20H,10-11H2,1-2H3. The van der Waals surface area contributed by atoms with Gasteiger partial charge in [0.1, 0.15) is 12.4 Å². The molecule has 0 spiro atoms. The first kappa shape index (κ1) is 16.3. The van der Waals surface area contributed by atoms with Crippen LogP contribution in [0.2, 0.25) is 5.02 Å². The molecule has 2 aromatic carbocycles. The summed E-state index contributed by atoms with van der Waals surface area (Å²) in [7, 11) is 0. The Morgan fingerprint density at radius 3 is 2.38 bits per heavy atom. The molecule has 4 heteroatoms. The molecule has 0 heterocycles. The average molecular weight is 369 g/mol. The molecule has 0 atom stereocenters. The molecule has 0 aliphatic carbocycles. The van der Waals surface area contributed by atoms with E-state index in [0.717, 1.165) is 27.4 Å². The highest BCUT2D eigenvalue weighted by Gasteiger charge is 2.04. The van der Waals surface area contributed by atoms with Crippen molar-refractivity contribution in [1.82, 2.24) is 5.32 Å². The molecule has 0 radical (unpaired) electrons. The zero-order valence-electron chi connectivity index (χ0n) is 12.2. The maximum absolute atomic E-state index is 5.87. The first-order chi connectivity index (χ1) is 10.0. The van der Waals surface area contributed by atoms with Crippen molar-refractivity contribution in [2.75, 3.05) is 0 Å². The fourth-order valence-corrected chi connectivity index (χ4v) is 2.50. The fraction of sp³-hybridized carbons (Fsp3) is 0.294. The summed E-state index contributed by atoms with van der Waals surface area (Å²) in [4.78, 5) is 0. The van der Waals surface area contributed by atoms with Crippen LogP contribution in [0.5, 0.6) is 5.75 Å². The number of rotatable bonds is 6. The van der Waals surface area contributed by atoms with E-state index < -0.39 is 0 Å². The van der Waals surface area contributed by atoms with Gasteiger partial charge in [-0.15, -0.1) is 0 Å². The van der Waals surface area contributed by atoms with Gasteiger partial charge in [-0.05, 0) is 51.3 Å². The lowest BCUT2D eigenvalue weighted by molar-refractivity contribution is 0.304. The summed E-state index contributed by atoms with van der Waals surface area (Å²) in [5.41, 5.74) is 2.33. The molecule has 0 aliphatic heterocycles. The Hall–Kier alpha value is -1.03. The Labute approximate surface area is 139 Å². The van der Waals surface area contributed by atoms with Crippen LogP contribution in [0.1, 0.15) is 25.0 Å². The quantitative estimate of drug-likeness (QED) is 0.758. The van der Waals surface area contributed by atoms with E-state index in [9.17, 15) is 0 Å². The predicted octanol–water partition coefficient (Wildman–Crippen LogP) is 5.18. The normalized spacial score (nSPS) is 10.9. The predicted molar refractivity (Wildman–Crippen MR) is 91.9 cm³/mol. The highest BCUT2D eigenvalue weighted by Crippen LogP contribution is 2.27. The van der Waals surface area contributed by atoms with E-state index in [2.05, 4.69) is 47.2 Å². The highest BCUT2D eigenvalue weighted by molar-refractivity contribution is 9.10. The van der Waals surface area contributed by atoms with E-state index in [-0.39, 0.29) is 0 Å².